The molecule has 0 amide bonds. The van der Waals surface area contributed by atoms with Crippen LogP contribution in [0, 0.1) is 5.92 Å². The molecule has 0 nitrogen and oxygen atoms in total. The van der Waals surface area contributed by atoms with Gasteiger partial charge in [0.05, 0.1) is 0 Å². The molecule has 0 spiro atoms. The molecule has 0 N–H and O–H groups in total. The smallest absolute Gasteiger partial charge is 0.0265 e. The van der Waals surface area contributed by atoms with Crippen molar-refractivity contribution < 1.29 is 0 Å². The van der Waals surface area contributed by atoms with Crippen molar-refractivity contribution in [2.24, 2.45) is 5.92 Å². The van der Waals surface area contributed by atoms with E-state index in [4.69, 9.17) is 0 Å². The van der Waals surface area contributed by atoms with Crippen LogP contribution in [-0.2, 0) is 0 Å². The van der Waals surface area contributed by atoms with Crippen molar-refractivity contribution >= 4 is 0 Å². The van der Waals surface area contributed by atoms with Gasteiger partial charge in [-0.2, -0.15) is 0 Å². The van der Waals surface area contributed by atoms with Gasteiger partial charge in [-0.3, -0.25) is 0 Å². The van der Waals surface area contributed by atoms with Crippen molar-refractivity contribution in [2.45, 2.75) is 58.8 Å². The molecule has 0 radical (unpaired) electrons. The van der Waals surface area contributed by atoms with Crippen LogP contribution in [0.5, 0.6) is 0 Å². The van der Waals surface area contributed by atoms with Crippen LogP contribution < -0.4 is 0 Å². The Hall–Kier alpha value is -0.260. The largest absolute Gasteiger partial charge is 0.103 e. The molecule has 1 atom stereocenters. The Morgan fingerprint density at radius 1 is 1.08 bits per heavy atom. The zero-order valence-electron chi connectivity index (χ0n) is 8.81. The fourth-order valence-corrected chi connectivity index (χ4v) is 1.36. The highest BCUT2D eigenvalue weighted by atomic mass is 14.0. The van der Waals surface area contributed by atoms with Crippen molar-refractivity contribution in [1.82, 2.24) is 0 Å². The van der Waals surface area contributed by atoms with Crippen LogP contribution in [0.4, 0.5) is 0 Å². The third kappa shape index (κ3) is 7.84. The highest BCUT2D eigenvalue weighted by Gasteiger charge is 1.95. The standard InChI is InChI=1S/C12H24/c1-4-6-7-8-9-10-11-12(3)5-2/h5,12H,2,4,6-11H2,1,3H3. The van der Waals surface area contributed by atoms with Crippen LogP contribution >= 0.6 is 0 Å². The molecule has 0 aliphatic heterocycles. The van der Waals surface area contributed by atoms with Gasteiger partial charge in [0, 0.05) is 0 Å². The predicted molar refractivity (Wildman–Crippen MR) is 57.4 cm³/mol. The molecule has 0 aromatic rings. The van der Waals surface area contributed by atoms with E-state index in [0.717, 1.165) is 5.92 Å². The van der Waals surface area contributed by atoms with E-state index in [1.807, 2.05) is 0 Å². The van der Waals surface area contributed by atoms with Gasteiger partial charge in [0.1, 0.15) is 0 Å². The third-order valence-electron chi connectivity index (χ3n) is 2.42. The lowest BCUT2D eigenvalue weighted by Gasteiger charge is -2.04. The molecule has 0 fully saturated rings. The second kappa shape index (κ2) is 8.83. The topological polar surface area (TPSA) is 0 Å². The summed E-state index contributed by atoms with van der Waals surface area (Å²) in [5, 5.41) is 0. The summed E-state index contributed by atoms with van der Waals surface area (Å²) in [5.74, 6) is 0.719. The average molecular weight is 168 g/mol. The van der Waals surface area contributed by atoms with E-state index in [0.29, 0.717) is 0 Å². The van der Waals surface area contributed by atoms with E-state index in [1.54, 1.807) is 0 Å². The minimum absolute atomic E-state index is 0.719. The van der Waals surface area contributed by atoms with Gasteiger partial charge in [0.25, 0.3) is 0 Å². The van der Waals surface area contributed by atoms with Crippen molar-refractivity contribution in [2.75, 3.05) is 0 Å². The first-order valence-electron chi connectivity index (χ1n) is 5.43. The molecule has 0 aliphatic rings. The molecule has 0 heteroatoms. The summed E-state index contributed by atoms with van der Waals surface area (Å²) in [6.07, 6.45) is 11.8. The summed E-state index contributed by atoms with van der Waals surface area (Å²) >= 11 is 0. The summed E-state index contributed by atoms with van der Waals surface area (Å²) in [6.45, 7) is 8.30. The maximum atomic E-state index is 3.79. The summed E-state index contributed by atoms with van der Waals surface area (Å²) in [4.78, 5) is 0. The average Bonchev–Trinajstić information content (AvgIpc) is 2.10. The molecule has 0 bridgehead atoms. The molecule has 0 saturated carbocycles. The molecule has 0 aromatic heterocycles. The van der Waals surface area contributed by atoms with E-state index in [1.165, 1.54) is 44.9 Å². The van der Waals surface area contributed by atoms with Gasteiger partial charge >= 0.3 is 0 Å². The molecule has 0 saturated heterocycles. The van der Waals surface area contributed by atoms with Gasteiger partial charge in [-0.25, -0.2) is 0 Å². The molecular formula is C12H24. The number of hydrogen-bond donors (Lipinski definition) is 0. The zero-order valence-corrected chi connectivity index (χ0v) is 8.81. The maximum absolute atomic E-state index is 3.79. The normalized spacial score (nSPS) is 12.8. The van der Waals surface area contributed by atoms with Crippen LogP contribution in [0.2, 0.25) is 0 Å². The molecular weight excluding hydrogens is 144 g/mol. The monoisotopic (exact) mass is 168 g/mol. The summed E-state index contributed by atoms with van der Waals surface area (Å²) in [5.41, 5.74) is 0. The lowest BCUT2D eigenvalue weighted by molar-refractivity contribution is 0.543. The van der Waals surface area contributed by atoms with Crippen LogP contribution in [-0.4, -0.2) is 0 Å². The van der Waals surface area contributed by atoms with Crippen LogP contribution in [0.15, 0.2) is 12.7 Å². The highest BCUT2D eigenvalue weighted by molar-refractivity contribution is 4.74. The second-order valence-corrected chi connectivity index (χ2v) is 3.77. The lowest BCUT2D eigenvalue weighted by Crippen LogP contribution is -1.88. The Bertz CT molecular complexity index is 94.2. The van der Waals surface area contributed by atoms with Crippen molar-refractivity contribution in [3.8, 4) is 0 Å². The van der Waals surface area contributed by atoms with Crippen molar-refractivity contribution in [3.63, 3.8) is 0 Å². The van der Waals surface area contributed by atoms with E-state index in [2.05, 4.69) is 26.5 Å². The van der Waals surface area contributed by atoms with E-state index < -0.39 is 0 Å². The molecule has 0 aliphatic carbocycles. The molecule has 0 heterocycles. The van der Waals surface area contributed by atoms with Crippen LogP contribution in [0.3, 0.4) is 0 Å². The molecule has 72 valence electrons. The number of hydrogen-bond acceptors (Lipinski definition) is 0. The Balaban J connectivity index is 2.95. The molecule has 12 heavy (non-hydrogen) atoms. The van der Waals surface area contributed by atoms with Gasteiger partial charge in [-0.05, 0) is 12.3 Å². The summed E-state index contributed by atoms with van der Waals surface area (Å²) in [6, 6.07) is 0. The van der Waals surface area contributed by atoms with Crippen LogP contribution in [0.25, 0.3) is 0 Å². The van der Waals surface area contributed by atoms with E-state index in [-0.39, 0.29) is 0 Å². The third-order valence-corrected chi connectivity index (χ3v) is 2.42. The Kier molecular flexibility index (Phi) is 8.64. The first kappa shape index (κ1) is 11.7. The van der Waals surface area contributed by atoms with Gasteiger partial charge in [0.2, 0.25) is 0 Å². The van der Waals surface area contributed by atoms with Crippen molar-refractivity contribution in [3.05, 3.63) is 12.7 Å². The predicted octanol–water partition coefficient (Wildman–Crippen LogP) is 4.56. The Morgan fingerprint density at radius 3 is 2.25 bits per heavy atom. The van der Waals surface area contributed by atoms with Gasteiger partial charge in [0.15, 0.2) is 0 Å². The van der Waals surface area contributed by atoms with E-state index >= 15 is 0 Å². The zero-order chi connectivity index (χ0) is 9.23. The van der Waals surface area contributed by atoms with Crippen molar-refractivity contribution in [1.29, 1.82) is 0 Å². The summed E-state index contributed by atoms with van der Waals surface area (Å²) in [7, 11) is 0. The summed E-state index contributed by atoms with van der Waals surface area (Å²) < 4.78 is 0. The Morgan fingerprint density at radius 2 is 1.67 bits per heavy atom. The van der Waals surface area contributed by atoms with Gasteiger partial charge in [-0.1, -0.05) is 58.4 Å². The number of allylic oxidation sites excluding steroid dienone is 1. The fourth-order valence-electron chi connectivity index (χ4n) is 1.36. The minimum atomic E-state index is 0.719. The minimum Gasteiger partial charge on any atom is -0.103 e. The Labute approximate surface area is 78.1 Å². The quantitative estimate of drug-likeness (QED) is 0.368. The van der Waals surface area contributed by atoms with E-state index in [9.17, 15) is 0 Å². The first-order chi connectivity index (χ1) is 5.81. The molecule has 1 unspecified atom stereocenters. The second-order valence-electron chi connectivity index (χ2n) is 3.77. The number of rotatable bonds is 8. The fraction of sp³-hybridized carbons (Fsp3) is 0.833. The van der Waals surface area contributed by atoms with Gasteiger partial charge < -0.3 is 0 Å². The molecule has 0 aromatic carbocycles. The van der Waals surface area contributed by atoms with Crippen LogP contribution in [0.1, 0.15) is 58.8 Å². The number of unbranched alkanes of at least 4 members (excludes halogenated alkanes) is 5. The van der Waals surface area contributed by atoms with Gasteiger partial charge in [-0.15, -0.1) is 6.58 Å². The lowest BCUT2D eigenvalue weighted by atomic mass is 10.0. The SMILES string of the molecule is C=CC(C)CCCCCCCC. The first-order valence-corrected chi connectivity index (χ1v) is 5.43. The molecule has 0 rings (SSSR count). The highest BCUT2D eigenvalue weighted by Crippen LogP contribution is 2.12. The maximum Gasteiger partial charge on any atom is -0.0265 e.